The molecule has 1 aromatic rings. The average molecular weight is 415 g/mol. The van der Waals surface area contributed by atoms with Gasteiger partial charge in [0, 0.05) is 48.8 Å². The van der Waals surface area contributed by atoms with Gasteiger partial charge in [0.2, 0.25) is 12.7 Å². The van der Waals surface area contributed by atoms with Crippen molar-refractivity contribution in [2.45, 2.75) is 43.3 Å². The molecule has 29 heavy (non-hydrogen) atoms. The van der Waals surface area contributed by atoms with Gasteiger partial charge in [-0.15, -0.1) is 0 Å². The van der Waals surface area contributed by atoms with E-state index < -0.39 is 0 Å². The van der Waals surface area contributed by atoms with Crippen LogP contribution in [0.1, 0.15) is 43.6 Å². The number of carbonyl (C=O) groups excluding carboxylic acids is 1. The molecule has 2 saturated carbocycles. The van der Waals surface area contributed by atoms with Gasteiger partial charge in [-0.3, -0.25) is 4.79 Å². The van der Waals surface area contributed by atoms with Crippen LogP contribution in [0.2, 0.25) is 0 Å². The SMILES string of the molecule is C=C(CSC1CCCC1)N1CCN(C(=O)[C@H]2C[C@H]2c2ccc3c(c2)OCO3)CC1. The fourth-order valence-electron chi connectivity index (χ4n) is 4.82. The zero-order chi connectivity index (χ0) is 19.8. The van der Waals surface area contributed by atoms with E-state index in [0.717, 1.165) is 55.1 Å². The Bertz CT molecular complexity index is 784. The van der Waals surface area contributed by atoms with E-state index in [-0.39, 0.29) is 5.92 Å². The number of nitrogens with zero attached hydrogens (tertiary/aromatic N) is 2. The zero-order valence-corrected chi connectivity index (χ0v) is 17.8. The number of ether oxygens (including phenoxy) is 2. The number of hydrogen-bond donors (Lipinski definition) is 0. The molecule has 1 amide bonds. The van der Waals surface area contributed by atoms with E-state index in [0.29, 0.717) is 18.6 Å². The Morgan fingerprint density at radius 1 is 1.07 bits per heavy atom. The van der Waals surface area contributed by atoms with Gasteiger partial charge in [0.05, 0.1) is 0 Å². The van der Waals surface area contributed by atoms with Crippen molar-refractivity contribution in [3.63, 3.8) is 0 Å². The molecule has 2 aliphatic carbocycles. The van der Waals surface area contributed by atoms with Gasteiger partial charge in [-0.05, 0) is 42.9 Å². The summed E-state index contributed by atoms with van der Waals surface area (Å²) in [6.45, 7) is 8.07. The third-order valence-corrected chi connectivity index (χ3v) is 8.20. The number of hydrogen-bond acceptors (Lipinski definition) is 5. The van der Waals surface area contributed by atoms with Crippen molar-refractivity contribution in [2.24, 2.45) is 5.92 Å². The third kappa shape index (κ3) is 4.09. The lowest BCUT2D eigenvalue weighted by Crippen LogP contribution is -2.49. The summed E-state index contributed by atoms with van der Waals surface area (Å²) in [5.41, 5.74) is 2.43. The summed E-state index contributed by atoms with van der Waals surface area (Å²) in [4.78, 5) is 17.4. The highest BCUT2D eigenvalue weighted by Gasteiger charge is 2.46. The highest BCUT2D eigenvalue weighted by atomic mass is 32.2. The maximum atomic E-state index is 13.0. The monoisotopic (exact) mass is 414 g/mol. The maximum Gasteiger partial charge on any atom is 0.231 e. The molecule has 0 radical (unpaired) electrons. The lowest BCUT2D eigenvalue weighted by molar-refractivity contribution is -0.134. The molecule has 0 spiro atoms. The minimum Gasteiger partial charge on any atom is -0.454 e. The Kier molecular flexibility index (Phi) is 5.37. The Balaban J connectivity index is 1.09. The molecule has 1 aromatic carbocycles. The van der Waals surface area contributed by atoms with Crippen LogP contribution < -0.4 is 9.47 Å². The van der Waals surface area contributed by atoms with Crippen LogP contribution in [0.25, 0.3) is 0 Å². The molecule has 2 heterocycles. The second-order valence-electron chi connectivity index (χ2n) is 8.66. The quantitative estimate of drug-likeness (QED) is 0.707. The van der Waals surface area contributed by atoms with Gasteiger partial charge < -0.3 is 19.3 Å². The van der Waals surface area contributed by atoms with Crippen molar-refractivity contribution in [1.29, 1.82) is 0 Å². The minimum atomic E-state index is 0.128. The van der Waals surface area contributed by atoms with Crippen LogP contribution in [0.15, 0.2) is 30.5 Å². The largest absolute Gasteiger partial charge is 0.454 e. The molecule has 1 saturated heterocycles. The van der Waals surface area contributed by atoms with E-state index in [4.69, 9.17) is 9.47 Å². The highest BCUT2D eigenvalue weighted by Crippen LogP contribution is 2.50. The van der Waals surface area contributed by atoms with Crippen molar-refractivity contribution in [3.05, 3.63) is 36.0 Å². The van der Waals surface area contributed by atoms with E-state index in [1.807, 2.05) is 12.1 Å². The van der Waals surface area contributed by atoms with Crippen LogP contribution >= 0.6 is 11.8 Å². The number of rotatable bonds is 6. The summed E-state index contributed by atoms with van der Waals surface area (Å²) < 4.78 is 10.9. The molecular weight excluding hydrogens is 384 g/mol. The minimum absolute atomic E-state index is 0.128. The van der Waals surface area contributed by atoms with Crippen molar-refractivity contribution < 1.29 is 14.3 Å². The lowest BCUT2D eigenvalue weighted by atomic mass is 10.1. The summed E-state index contributed by atoms with van der Waals surface area (Å²) in [5.74, 6) is 3.42. The van der Waals surface area contributed by atoms with Crippen molar-refractivity contribution in [1.82, 2.24) is 9.80 Å². The van der Waals surface area contributed by atoms with E-state index in [1.54, 1.807) is 0 Å². The van der Waals surface area contributed by atoms with Crippen LogP contribution in [-0.2, 0) is 4.79 Å². The lowest BCUT2D eigenvalue weighted by Gasteiger charge is -2.37. The molecule has 0 N–H and O–H groups in total. The number of thioether (sulfide) groups is 1. The summed E-state index contributed by atoms with van der Waals surface area (Å²) in [7, 11) is 0. The first-order valence-electron chi connectivity index (χ1n) is 10.9. The van der Waals surface area contributed by atoms with Gasteiger partial charge in [0.1, 0.15) is 0 Å². The highest BCUT2D eigenvalue weighted by molar-refractivity contribution is 8.00. The van der Waals surface area contributed by atoms with Crippen LogP contribution in [0, 0.1) is 5.92 Å². The van der Waals surface area contributed by atoms with Crippen LogP contribution in [-0.4, -0.2) is 59.7 Å². The second-order valence-corrected chi connectivity index (χ2v) is 9.95. The second kappa shape index (κ2) is 8.13. The van der Waals surface area contributed by atoms with Crippen molar-refractivity contribution in [2.75, 3.05) is 38.7 Å². The summed E-state index contributed by atoms with van der Waals surface area (Å²) in [6, 6.07) is 6.09. The number of benzene rings is 1. The standard InChI is InChI=1S/C23H30N2O3S/c1-16(14-29-18-4-2-3-5-18)24-8-10-25(11-9-24)23(26)20-13-19(20)17-6-7-21-22(12-17)28-15-27-21/h6-7,12,18-20H,1-5,8-11,13-15H2/t19-,20-/m0/s1. The predicted molar refractivity (Wildman–Crippen MR) is 115 cm³/mol. The molecule has 5 nitrogen and oxygen atoms in total. The van der Waals surface area contributed by atoms with Gasteiger partial charge in [0.25, 0.3) is 0 Å². The van der Waals surface area contributed by atoms with Gasteiger partial charge in [-0.25, -0.2) is 0 Å². The van der Waals surface area contributed by atoms with E-state index >= 15 is 0 Å². The summed E-state index contributed by atoms with van der Waals surface area (Å²) in [6.07, 6.45) is 6.46. The molecule has 3 fully saturated rings. The summed E-state index contributed by atoms with van der Waals surface area (Å²) in [5, 5.41) is 0.831. The molecule has 5 rings (SSSR count). The molecule has 0 aromatic heterocycles. The van der Waals surface area contributed by atoms with E-state index in [1.165, 1.54) is 36.9 Å². The van der Waals surface area contributed by atoms with Gasteiger partial charge in [-0.2, -0.15) is 11.8 Å². The third-order valence-electron chi connectivity index (χ3n) is 6.76. The number of carbonyl (C=O) groups is 1. The van der Waals surface area contributed by atoms with Crippen LogP contribution in [0.4, 0.5) is 0 Å². The van der Waals surface area contributed by atoms with Crippen molar-refractivity contribution in [3.8, 4) is 11.5 Å². The number of piperazine rings is 1. The number of amides is 1. The number of fused-ring (bicyclic) bond motifs is 1. The normalized spacial score (nSPS) is 26.1. The molecular formula is C23H30N2O3S. The van der Waals surface area contributed by atoms with E-state index in [2.05, 4.69) is 34.2 Å². The molecule has 156 valence electrons. The van der Waals surface area contributed by atoms with Crippen molar-refractivity contribution >= 4 is 17.7 Å². The zero-order valence-electron chi connectivity index (χ0n) is 17.0. The van der Waals surface area contributed by atoms with E-state index in [9.17, 15) is 4.79 Å². The first-order valence-corrected chi connectivity index (χ1v) is 12.0. The first-order chi connectivity index (χ1) is 14.2. The average Bonchev–Trinajstić information content (AvgIpc) is 3.14. The van der Waals surface area contributed by atoms with Gasteiger partial charge >= 0.3 is 0 Å². The fraction of sp³-hybridized carbons (Fsp3) is 0.609. The predicted octanol–water partition coefficient (Wildman–Crippen LogP) is 3.85. The smallest absolute Gasteiger partial charge is 0.231 e. The fourth-order valence-corrected chi connectivity index (χ4v) is 6.10. The first kappa shape index (κ1) is 19.2. The Labute approximate surface area is 177 Å². The van der Waals surface area contributed by atoms with Crippen LogP contribution in [0.3, 0.4) is 0 Å². The molecule has 2 aliphatic heterocycles. The Hall–Kier alpha value is -1.82. The molecule has 6 heteroatoms. The molecule has 2 atom stereocenters. The topological polar surface area (TPSA) is 42.0 Å². The molecule has 0 bridgehead atoms. The Morgan fingerprint density at radius 3 is 2.59 bits per heavy atom. The van der Waals surface area contributed by atoms with Gasteiger partial charge in [0.15, 0.2) is 11.5 Å². The van der Waals surface area contributed by atoms with Crippen LogP contribution in [0.5, 0.6) is 11.5 Å². The maximum absolute atomic E-state index is 13.0. The Morgan fingerprint density at radius 2 is 1.79 bits per heavy atom. The van der Waals surface area contributed by atoms with Gasteiger partial charge in [-0.1, -0.05) is 25.5 Å². The molecule has 0 unspecified atom stereocenters. The molecule has 4 aliphatic rings. The summed E-state index contributed by atoms with van der Waals surface area (Å²) >= 11 is 2.07.